The summed E-state index contributed by atoms with van der Waals surface area (Å²) in [5, 5.41) is 6.39. The number of carbonyl (C=O) groups is 1. The van der Waals surface area contributed by atoms with Crippen LogP contribution in [0.25, 0.3) is 0 Å². The Labute approximate surface area is 141 Å². The van der Waals surface area contributed by atoms with Gasteiger partial charge in [0, 0.05) is 18.7 Å². The van der Waals surface area contributed by atoms with E-state index in [-0.39, 0.29) is 29.5 Å². The topological polar surface area (TPSA) is 101 Å². The highest BCUT2D eigenvalue weighted by Gasteiger charge is 2.23. The van der Waals surface area contributed by atoms with Crippen LogP contribution in [0.4, 0.5) is 5.69 Å². The molecule has 130 valence electrons. The largest absolute Gasteiger partial charge is 0.360 e. The van der Waals surface area contributed by atoms with E-state index in [0.29, 0.717) is 11.4 Å². The van der Waals surface area contributed by atoms with Gasteiger partial charge in [-0.2, -0.15) is 0 Å². The Hall–Kier alpha value is -2.19. The third-order valence-corrected chi connectivity index (χ3v) is 5.09. The van der Waals surface area contributed by atoms with Crippen molar-refractivity contribution in [3.8, 4) is 0 Å². The van der Waals surface area contributed by atoms with Gasteiger partial charge in [-0.25, -0.2) is 13.1 Å². The summed E-state index contributed by atoms with van der Waals surface area (Å²) >= 11 is 0. The van der Waals surface area contributed by atoms with Crippen LogP contribution in [0, 0.1) is 27.7 Å². The number of aryl methyl sites for hydroxylation is 4. The van der Waals surface area contributed by atoms with Crippen molar-refractivity contribution in [3.63, 3.8) is 0 Å². The van der Waals surface area contributed by atoms with Crippen molar-refractivity contribution < 1.29 is 17.7 Å². The second-order valence-electron chi connectivity index (χ2n) is 5.73. The van der Waals surface area contributed by atoms with Gasteiger partial charge >= 0.3 is 0 Å². The molecular weight excluding hydrogens is 330 g/mol. The van der Waals surface area contributed by atoms with E-state index in [1.54, 1.807) is 6.92 Å². The zero-order valence-corrected chi connectivity index (χ0v) is 15.0. The van der Waals surface area contributed by atoms with E-state index in [1.165, 1.54) is 6.92 Å². The van der Waals surface area contributed by atoms with E-state index in [0.717, 1.165) is 11.1 Å². The number of nitrogens with zero attached hydrogens (tertiary/aromatic N) is 1. The van der Waals surface area contributed by atoms with E-state index in [1.807, 2.05) is 32.0 Å². The van der Waals surface area contributed by atoms with E-state index in [4.69, 9.17) is 4.52 Å². The molecule has 24 heavy (non-hydrogen) atoms. The molecule has 1 amide bonds. The van der Waals surface area contributed by atoms with Crippen molar-refractivity contribution in [3.05, 3.63) is 40.8 Å². The standard InChI is InChI=1S/C16H21N3O4S/c1-10-7-11(2)9-14(8-10)18-15(20)5-6-17-24(21,22)16-12(3)19-23-13(16)4/h7-9,17H,5-6H2,1-4H3,(H,18,20). The molecule has 2 N–H and O–H groups in total. The first-order valence-corrected chi connectivity index (χ1v) is 8.98. The molecule has 8 heteroatoms. The van der Waals surface area contributed by atoms with Crippen molar-refractivity contribution >= 4 is 21.6 Å². The summed E-state index contributed by atoms with van der Waals surface area (Å²) < 4.78 is 31.7. The lowest BCUT2D eigenvalue weighted by molar-refractivity contribution is -0.116. The van der Waals surface area contributed by atoms with Crippen LogP contribution in [0.3, 0.4) is 0 Å². The summed E-state index contributed by atoms with van der Waals surface area (Å²) in [6, 6.07) is 5.73. The van der Waals surface area contributed by atoms with Crippen LogP contribution in [-0.4, -0.2) is 26.0 Å². The molecule has 0 radical (unpaired) electrons. The minimum absolute atomic E-state index is 0.0109. The fraction of sp³-hybridized carbons (Fsp3) is 0.375. The average Bonchev–Trinajstić information content (AvgIpc) is 2.77. The summed E-state index contributed by atoms with van der Waals surface area (Å²) in [6.45, 7) is 6.96. The lowest BCUT2D eigenvalue weighted by atomic mass is 10.1. The van der Waals surface area contributed by atoms with Crippen molar-refractivity contribution in [1.82, 2.24) is 9.88 Å². The quantitative estimate of drug-likeness (QED) is 0.831. The molecule has 0 saturated heterocycles. The summed E-state index contributed by atoms with van der Waals surface area (Å²) in [5.41, 5.74) is 3.08. The number of anilines is 1. The van der Waals surface area contributed by atoms with Gasteiger partial charge < -0.3 is 9.84 Å². The van der Waals surface area contributed by atoms with Gasteiger partial charge in [-0.05, 0) is 51.0 Å². The van der Waals surface area contributed by atoms with E-state index in [9.17, 15) is 13.2 Å². The SMILES string of the molecule is Cc1cc(C)cc(NC(=O)CCNS(=O)(=O)c2c(C)noc2C)c1. The van der Waals surface area contributed by atoms with Gasteiger partial charge in [-0.1, -0.05) is 11.2 Å². The maximum atomic E-state index is 12.2. The van der Waals surface area contributed by atoms with Crippen molar-refractivity contribution in [2.45, 2.75) is 39.0 Å². The lowest BCUT2D eigenvalue weighted by Gasteiger charge is -2.09. The molecule has 1 aromatic carbocycles. The monoisotopic (exact) mass is 351 g/mol. The van der Waals surface area contributed by atoms with Crippen molar-refractivity contribution in [2.75, 3.05) is 11.9 Å². The van der Waals surface area contributed by atoms with Gasteiger partial charge in [0.2, 0.25) is 15.9 Å². The maximum Gasteiger partial charge on any atom is 0.245 e. The summed E-state index contributed by atoms with van der Waals surface area (Å²) in [4.78, 5) is 12.0. The molecule has 0 spiro atoms. The molecule has 1 heterocycles. The molecule has 0 aliphatic rings. The van der Waals surface area contributed by atoms with Gasteiger partial charge in [-0.3, -0.25) is 4.79 Å². The van der Waals surface area contributed by atoms with Crippen LogP contribution in [0.1, 0.15) is 29.0 Å². The van der Waals surface area contributed by atoms with Crippen LogP contribution < -0.4 is 10.0 Å². The highest BCUT2D eigenvalue weighted by atomic mass is 32.2. The molecule has 0 atom stereocenters. The van der Waals surface area contributed by atoms with Crippen molar-refractivity contribution in [1.29, 1.82) is 0 Å². The van der Waals surface area contributed by atoms with Crippen LogP contribution in [0.5, 0.6) is 0 Å². The lowest BCUT2D eigenvalue weighted by Crippen LogP contribution is -2.28. The van der Waals surface area contributed by atoms with Gasteiger partial charge in [0.25, 0.3) is 0 Å². The smallest absolute Gasteiger partial charge is 0.245 e. The zero-order valence-electron chi connectivity index (χ0n) is 14.1. The summed E-state index contributed by atoms with van der Waals surface area (Å²) in [7, 11) is -3.75. The minimum atomic E-state index is -3.75. The van der Waals surface area contributed by atoms with Crippen LogP contribution in [0.2, 0.25) is 0 Å². The van der Waals surface area contributed by atoms with Crippen molar-refractivity contribution in [2.24, 2.45) is 0 Å². The van der Waals surface area contributed by atoms with Crippen LogP contribution in [0.15, 0.2) is 27.6 Å². The zero-order chi connectivity index (χ0) is 17.9. The normalized spacial score (nSPS) is 11.5. The third-order valence-electron chi connectivity index (χ3n) is 3.39. The molecule has 2 aromatic rings. The molecule has 7 nitrogen and oxygen atoms in total. The minimum Gasteiger partial charge on any atom is -0.360 e. The number of hydrogen-bond acceptors (Lipinski definition) is 5. The first-order chi connectivity index (χ1) is 11.2. The molecule has 1 aromatic heterocycles. The molecule has 0 saturated carbocycles. The highest BCUT2D eigenvalue weighted by molar-refractivity contribution is 7.89. The molecule has 2 rings (SSSR count). The molecular formula is C16H21N3O4S. The molecule has 0 fully saturated rings. The summed E-state index contributed by atoms with van der Waals surface area (Å²) in [5.74, 6) is -0.0406. The second kappa shape index (κ2) is 7.14. The number of benzene rings is 1. The predicted octanol–water partition coefficient (Wildman–Crippen LogP) is 2.22. The Morgan fingerprint density at radius 2 is 1.75 bits per heavy atom. The fourth-order valence-electron chi connectivity index (χ4n) is 2.50. The number of carbonyl (C=O) groups excluding carboxylic acids is 1. The van der Waals surface area contributed by atoms with Gasteiger partial charge in [-0.15, -0.1) is 0 Å². The Kier molecular flexibility index (Phi) is 5.40. The Morgan fingerprint density at radius 1 is 1.12 bits per heavy atom. The number of sulfonamides is 1. The van der Waals surface area contributed by atoms with Crippen LogP contribution >= 0.6 is 0 Å². The number of aromatic nitrogens is 1. The summed E-state index contributed by atoms with van der Waals surface area (Å²) in [6.07, 6.45) is 0.0234. The fourth-order valence-corrected chi connectivity index (χ4v) is 3.86. The van der Waals surface area contributed by atoms with E-state index in [2.05, 4.69) is 15.2 Å². The maximum absolute atomic E-state index is 12.2. The Morgan fingerprint density at radius 3 is 2.29 bits per heavy atom. The third kappa shape index (κ3) is 4.42. The average molecular weight is 351 g/mol. The molecule has 0 aliphatic carbocycles. The van der Waals surface area contributed by atoms with Crippen LogP contribution in [-0.2, 0) is 14.8 Å². The van der Waals surface area contributed by atoms with E-state index >= 15 is 0 Å². The first-order valence-electron chi connectivity index (χ1n) is 7.50. The molecule has 0 bridgehead atoms. The number of nitrogens with one attached hydrogen (secondary N) is 2. The number of hydrogen-bond donors (Lipinski definition) is 2. The Bertz CT molecular complexity index is 816. The van der Waals surface area contributed by atoms with Gasteiger partial charge in [0.05, 0.1) is 0 Å². The molecule has 0 unspecified atom stereocenters. The highest BCUT2D eigenvalue weighted by Crippen LogP contribution is 2.18. The number of amides is 1. The van der Waals surface area contributed by atoms with Gasteiger partial charge in [0.1, 0.15) is 10.6 Å². The van der Waals surface area contributed by atoms with Gasteiger partial charge in [0.15, 0.2) is 5.76 Å². The second-order valence-corrected chi connectivity index (χ2v) is 7.43. The first kappa shape index (κ1) is 18.2. The number of rotatable bonds is 6. The molecule has 0 aliphatic heterocycles. The Balaban J connectivity index is 1.93. The predicted molar refractivity (Wildman–Crippen MR) is 90.3 cm³/mol. The van der Waals surface area contributed by atoms with E-state index < -0.39 is 10.0 Å².